The number of aliphatic imine (C=N–C) groups is 1. The van der Waals surface area contributed by atoms with Crippen molar-refractivity contribution in [2.45, 2.75) is 6.92 Å². The van der Waals surface area contributed by atoms with Gasteiger partial charge in [-0.25, -0.2) is 4.99 Å². The molecule has 0 atom stereocenters. The van der Waals surface area contributed by atoms with Crippen LogP contribution in [0.3, 0.4) is 0 Å². The Bertz CT molecular complexity index is 134. The van der Waals surface area contributed by atoms with Gasteiger partial charge in [0.1, 0.15) is 6.54 Å². The van der Waals surface area contributed by atoms with Gasteiger partial charge in [0, 0.05) is 0 Å². The summed E-state index contributed by atoms with van der Waals surface area (Å²) in [6.45, 7) is 2.25. The van der Waals surface area contributed by atoms with Crippen LogP contribution in [0.15, 0.2) is 4.99 Å². The summed E-state index contributed by atoms with van der Waals surface area (Å²) in [4.78, 5) is 3.55. The van der Waals surface area contributed by atoms with E-state index in [1.165, 1.54) is 0 Å². The first-order valence-electron chi connectivity index (χ1n) is 1.85. The van der Waals surface area contributed by atoms with Gasteiger partial charge < -0.3 is 0 Å². The van der Waals surface area contributed by atoms with Crippen LogP contribution in [0.2, 0.25) is 0 Å². The normalized spacial score (nSPS) is 5.29. The highest BCUT2D eigenvalue weighted by atomic mass is 32.1. The Labute approximate surface area is 48.5 Å². The van der Waals surface area contributed by atoms with Crippen LogP contribution in [0.5, 0.6) is 0 Å². The van der Waals surface area contributed by atoms with Crippen molar-refractivity contribution in [2.24, 2.45) is 4.99 Å². The lowest BCUT2D eigenvalue weighted by Crippen LogP contribution is -1.65. The fraction of sp³-hybridized carbons (Fsp3) is 0.400. The van der Waals surface area contributed by atoms with Gasteiger partial charge in [-0.3, -0.25) is 0 Å². The molecule has 0 rings (SSSR count). The molecule has 0 heterocycles. The van der Waals surface area contributed by atoms with Gasteiger partial charge in [0.15, 0.2) is 0 Å². The second kappa shape index (κ2) is 5.36. The number of isothiocyanates is 1. The summed E-state index contributed by atoms with van der Waals surface area (Å²) in [6, 6.07) is 0. The molecule has 0 N–H and O–H groups in total. The molecule has 0 saturated carbocycles. The summed E-state index contributed by atoms with van der Waals surface area (Å²) < 4.78 is 0. The molecule has 0 aliphatic rings. The molecule has 0 aromatic heterocycles. The van der Waals surface area contributed by atoms with Crippen LogP contribution in [-0.4, -0.2) is 11.7 Å². The van der Waals surface area contributed by atoms with Gasteiger partial charge in [0.25, 0.3) is 0 Å². The lowest BCUT2D eigenvalue weighted by molar-refractivity contribution is 1.31. The van der Waals surface area contributed by atoms with Crippen LogP contribution >= 0.6 is 12.2 Å². The van der Waals surface area contributed by atoms with E-state index in [1.807, 2.05) is 0 Å². The Hall–Kier alpha value is -0.640. The van der Waals surface area contributed by atoms with E-state index in [9.17, 15) is 0 Å². The molecule has 0 aromatic carbocycles. The molecule has 7 heavy (non-hydrogen) atoms. The molecule has 36 valence electrons. The van der Waals surface area contributed by atoms with Crippen LogP contribution in [0.25, 0.3) is 0 Å². The van der Waals surface area contributed by atoms with Crippen molar-refractivity contribution in [3.63, 3.8) is 0 Å². The highest BCUT2D eigenvalue weighted by Gasteiger charge is 1.58. The molecule has 0 bridgehead atoms. The Balaban J connectivity index is 3.27. The van der Waals surface area contributed by atoms with Gasteiger partial charge in [-0.2, -0.15) is 0 Å². The fourth-order valence-corrected chi connectivity index (χ4v) is 0.215. The summed E-state index contributed by atoms with van der Waals surface area (Å²) in [6.07, 6.45) is 0. The third-order valence-corrected chi connectivity index (χ3v) is 0.529. The minimum absolute atomic E-state index is 0.486. The summed E-state index contributed by atoms with van der Waals surface area (Å²) in [5, 5.41) is 2.21. The molecule has 0 saturated heterocycles. The predicted molar refractivity (Wildman–Crippen MR) is 33.3 cm³/mol. The first-order chi connectivity index (χ1) is 3.41. The van der Waals surface area contributed by atoms with Crippen LogP contribution in [0, 0.1) is 11.8 Å². The van der Waals surface area contributed by atoms with Gasteiger partial charge in [-0.1, -0.05) is 5.92 Å². The van der Waals surface area contributed by atoms with Gasteiger partial charge in [0.2, 0.25) is 0 Å². The Kier molecular flexibility index (Phi) is 4.87. The number of rotatable bonds is 1. The first-order valence-corrected chi connectivity index (χ1v) is 2.26. The molecular weight excluding hydrogens is 106 g/mol. The van der Waals surface area contributed by atoms with Gasteiger partial charge >= 0.3 is 0 Å². The SMILES string of the molecule is CC#CCN=C=S. The maximum absolute atomic E-state index is 4.28. The summed E-state index contributed by atoms with van der Waals surface area (Å²) in [5.41, 5.74) is 0. The van der Waals surface area contributed by atoms with Crippen LogP contribution in [-0.2, 0) is 0 Å². The lowest BCUT2D eigenvalue weighted by atomic mass is 10.6. The zero-order chi connectivity index (χ0) is 5.54. The molecule has 0 unspecified atom stereocenters. The molecule has 0 amide bonds. The maximum Gasteiger partial charge on any atom is 0.110 e. The highest BCUT2D eigenvalue weighted by molar-refractivity contribution is 7.78. The second-order valence-electron chi connectivity index (χ2n) is 0.834. The van der Waals surface area contributed by atoms with E-state index in [1.54, 1.807) is 6.92 Å². The van der Waals surface area contributed by atoms with E-state index in [0.29, 0.717) is 6.54 Å². The van der Waals surface area contributed by atoms with Crippen molar-refractivity contribution in [1.29, 1.82) is 0 Å². The Morgan fingerprint density at radius 1 is 1.71 bits per heavy atom. The molecule has 0 aliphatic heterocycles. The van der Waals surface area contributed by atoms with Crippen LogP contribution < -0.4 is 0 Å². The molecule has 1 nitrogen and oxygen atoms in total. The summed E-state index contributed by atoms with van der Waals surface area (Å²) in [7, 11) is 0. The largest absolute Gasteiger partial charge is 0.219 e. The smallest absolute Gasteiger partial charge is 0.110 e. The highest BCUT2D eigenvalue weighted by Crippen LogP contribution is 1.59. The van der Waals surface area contributed by atoms with Crippen molar-refractivity contribution in [3.8, 4) is 11.8 Å². The summed E-state index contributed by atoms with van der Waals surface area (Å²) >= 11 is 4.28. The van der Waals surface area contributed by atoms with Crippen LogP contribution in [0.1, 0.15) is 6.92 Å². The minimum atomic E-state index is 0.486. The lowest BCUT2D eigenvalue weighted by Gasteiger charge is -1.65. The third kappa shape index (κ3) is 5.36. The topological polar surface area (TPSA) is 12.4 Å². The monoisotopic (exact) mass is 111 g/mol. The van der Waals surface area contributed by atoms with E-state index in [4.69, 9.17) is 0 Å². The van der Waals surface area contributed by atoms with E-state index in [0.717, 1.165) is 0 Å². The number of hydrogen-bond donors (Lipinski definition) is 0. The van der Waals surface area contributed by atoms with Crippen molar-refractivity contribution < 1.29 is 0 Å². The zero-order valence-corrected chi connectivity index (χ0v) is 4.88. The maximum atomic E-state index is 4.28. The molecule has 0 aromatic rings. The number of thiocarbonyl (C=S) groups is 1. The fourth-order valence-electron chi connectivity index (χ4n) is 0.151. The molecular formula is C5H5NS. The summed E-state index contributed by atoms with van der Waals surface area (Å²) in [5.74, 6) is 5.38. The molecule has 0 spiro atoms. The minimum Gasteiger partial charge on any atom is -0.219 e. The zero-order valence-electron chi connectivity index (χ0n) is 4.06. The number of nitrogens with zero attached hydrogens (tertiary/aromatic N) is 1. The van der Waals surface area contributed by atoms with Crippen LogP contribution in [0.4, 0.5) is 0 Å². The second-order valence-corrected chi connectivity index (χ2v) is 1.02. The van der Waals surface area contributed by atoms with E-state index >= 15 is 0 Å². The van der Waals surface area contributed by atoms with Crippen molar-refractivity contribution in [1.82, 2.24) is 0 Å². The van der Waals surface area contributed by atoms with E-state index < -0.39 is 0 Å². The van der Waals surface area contributed by atoms with Crippen molar-refractivity contribution >= 4 is 17.4 Å². The number of hydrogen-bond acceptors (Lipinski definition) is 2. The van der Waals surface area contributed by atoms with E-state index in [-0.39, 0.29) is 0 Å². The molecule has 0 fully saturated rings. The Morgan fingerprint density at radius 2 is 2.43 bits per heavy atom. The average molecular weight is 111 g/mol. The van der Waals surface area contributed by atoms with Gasteiger partial charge in [0.05, 0.1) is 5.16 Å². The Morgan fingerprint density at radius 3 is 2.86 bits per heavy atom. The average Bonchev–Trinajstić information content (AvgIpc) is 1.69. The van der Waals surface area contributed by atoms with Crippen molar-refractivity contribution in [3.05, 3.63) is 0 Å². The third-order valence-electron chi connectivity index (χ3n) is 0.399. The molecule has 0 radical (unpaired) electrons. The van der Waals surface area contributed by atoms with Gasteiger partial charge in [-0.15, -0.1) is 5.92 Å². The standard InChI is InChI=1S/C5H5NS/c1-2-3-4-6-5-7/h4H2,1H3. The molecule has 2 heteroatoms. The predicted octanol–water partition coefficient (Wildman–Crippen LogP) is 1.11. The van der Waals surface area contributed by atoms with Crippen molar-refractivity contribution in [2.75, 3.05) is 6.54 Å². The first kappa shape index (κ1) is 6.36. The molecule has 0 aliphatic carbocycles. The quantitative estimate of drug-likeness (QED) is 0.280. The van der Waals surface area contributed by atoms with Gasteiger partial charge in [-0.05, 0) is 19.1 Å². The van der Waals surface area contributed by atoms with E-state index in [2.05, 4.69) is 34.2 Å².